The molecule has 1 N–H and O–H groups in total. The largest absolute Gasteiger partial charge is 0.327 e. The van der Waals surface area contributed by atoms with Gasteiger partial charge in [0.05, 0.1) is 16.1 Å². The molecule has 0 aliphatic carbocycles. The maximum atomic E-state index is 6.34. The Labute approximate surface area is 126 Å². The zero-order valence-electron chi connectivity index (χ0n) is 12.8. The minimum atomic E-state index is 0.138. The average molecular weight is 294 g/mol. The molecular weight excluding hydrogens is 270 g/mol. The molecule has 2 rings (SSSR count). The second kappa shape index (κ2) is 6.15. The van der Waals surface area contributed by atoms with Crippen molar-refractivity contribution in [2.75, 3.05) is 6.54 Å². The standard InChI is InChI=1S/C16H24ClN3/c1-5-11-20-14(9-10-18-16(2,3)4)19-13-8-6-7-12(17)15(13)20/h6-8,18H,5,9-11H2,1-4H3. The van der Waals surface area contributed by atoms with Crippen molar-refractivity contribution in [3.05, 3.63) is 29.0 Å². The van der Waals surface area contributed by atoms with Crippen molar-refractivity contribution in [2.45, 2.75) is 52.6 Å². The molecule has 0 bridgehead atoms. The molecular formula is C16H24ClN3. The monoisotopic (exact) mass is 293 g/mol. The van der Waals surface area contributed by atoms with Crippen molar-refractivity contribution in [1.29, 1.82) is 0 Å². The smallest absolute Gasteiger partial charge is 0.111 e. The van der Waals surface area contributed by atoms with Gasteiger partial charge in [-0.15, -0.1) is 0 Å². The van der Waals surface area contributed by atoms with E-state index >= 15 is 0 Å². The number of hydrogen-bond donors (Lipinski definition) is 1. The van der Waals surface area contributed by atoms with Crippen LogP contribution in [-0.4, -0.2) is 21.6 Å². The summed E-state index contributed by atoms with van der Waals surface area (Å²) in [6, 6.07) is 5.94. The van der Waals surface area contributed by atoms with Gasteiger partial charge in [0.1, 0.15) is 5.82 Å². The molecule has 0 amide bonds. The number of imidazole rings is 1. The summed E-state index contributed by atoms with van der Waals surface area (Å²) >= 11 is 6.34. The molecule has 0 spiro atoms. The molecule has 1 aromatic heterocycles. The number of aromatic nitrogens is 2. The second-order valence-electron chi connectivity index (χ2n) is 6.21. The van der Waals surface area contributed by atoms with Gasteiger partial charge in [-0.1, -0.05) is 24.6 Å². The Bertz CT molecular complexity index is 581. The predicted octanol–water partition coefficient (Wildman–Crippen LogP) is 4.03. The van der Waals surface area contributed by atoms with Gasteiger partial charge in [0, 0.05) is 25.0 Å². The van der Waals surface area contributed by atoms with Crippen molar-refractivity contribution in [2.24, 2.45) is 0 Å². The Balaban J connectivity index is 2.28. The third-order valence-corrected chi connectivity index (χ3v) is 3.55. The van der Waals surface area contributed by atoms with Gasteiger partial charge in [0.15, 0.2) is 0 Å². The number of halogens is 1. The summed E-state index contributed by atoms with van der Waals surface area (Å²) in [5.74, 6) is 1.12. The third-order valence-electron chi connectivity index (χ3n) is 3.25. The zero-order valence-corrected chi connectivity index (χ0v) is 13.6. The van der Waals surface area contributed by atoms with E-state index in [1.165, 1.54) is 0 Å². The molecule has 0 radical (unpaired) electrons. The maximum absolute atomic E-state index is 6.34. The van der Waals surface area contributed by atoms with E-state index in [1.54, 1.807) is 0 Å². The molecule has 0 fully saturated rings. The van der Waals surface area contributed by atoms with E-state index in [0.717, 1.165) is 47.8 Å². The molecule has 4 heteroatoms. The van der Waals surface area contributed by atoms with Crippen LogP contribution in [0.15, 0.2) is 18.2 Å². The SMILES string of the molecule is CCCn1c(CCNC(C)(C)C)nc2cccc(Cl)c21. The first-order chi connectivity index (χ1) is 9.42. The minimum Gasteiger partial charge on any atom is -0.327 e. The number of rotatable bonds is 5. The Morgan fingerprint density at radius 3 is 2.70 bits per heavy atom. The molecule has 3 nitrogen and oxygen atoms in total. The van der Waals surface area contributed by atoms with Gasteiger partial charge in [0.2, 0.25) is 0 Å². The lowest BCUT2D eigenvalue weighted by molar-refractivity contribution is 0.425. The van der Waals surface area contributed by atoms with Crippen LogP contribution in [0.4, 0.5) is 0 Å². The van der Waals surface area contributed by atoms with Gasteiger partial charge in [0.25, 0.3) is 0 Å². The number of benzene rings is 1. The van der Waals surface area contributed by atoms with Gasteiger partial charge in [-0.2, -0.15) is 0 Å². The van der Waals surface area contributed by atoms with Crippen LogP contribution in [0.1, 0.15) is 39.9 Å². The summed E-state index contributed by atoms with van der Waals surface area (Å²) in [6.07, 6.45) is 2.00. The van der Waals surface area contributed by atoms with E-state index in [4.69, 9.17) is 16.6 Å². The highest BCUT2D eigenvalue weighted by Gasteiger charge is 2.14. The fourth-order valence-electron chi connectivity index (χ4n) is 2.39. The van der Waals surface area contributed by atoms with Crippen LogP contribution in [0, 0.1) is 0 Å². The number of nitrogens with one attached hydrogen (secondary N) is 1. The highest BCUT2D eigenvalue weighted by Crippen LogP contribution is 2.25. The van der Waals surface area contributed by atoms with E-state index < -0.39 is 0 Å². The molecule has 1 heterocycles. The molecule has 0 unspecified atom stereocenters. The van der Waals surface area contributed by atoms with Gasteiger partial charge in [-0.25, -0.2) is 4.98 Å². The van der Waals surface area contributed by atoms with Crippen LogP contribution in [0.2, 0.25) is 5.02 Å². The summed E-state index contributed by atoms with van der Waals surface area (Å²) in [7, 11) is 0. The van der Waals surface area contributed by atoms with E-state index in [0.29, 0.717) is 0 Å². The Kier molecular flexibility index (Phi) is 4.71. The van der Waals surface area contributed by atoms with E-state index in [9.17, 15) is 0 Å². The minimum absolute atomic E-state index is 0.138. The highest BCUT2D eigenvalue weighted by molar-refractivity contribution is 6.35. The summed E-state index contributed by atoms with van der Waals surface area (Å²) in [4.78, 5) is 4.75. The first-order valence-corrected chi connectivity index (χ1v) is 7.69. The van der Waals surface area contributed by atoms with Gasteiger partial charge in [-0.05, 0) is 39.3 Å². The molecule has 110 valence electrons. The topological polar surface area (TPSA) is 29.9 Å². The average Bonchev–Trinajstić information content (AvgIpc) is 2.68. The second-order valence-corrected chi connectivity index (χ2v) is 6.62. The van der Waals surface area contributed by atoms with Crippen molar-refractivity contribution >= 4 is 22.6 Å². The number of nitrogens with zero attached hydrogens (tertiary/aromatic N) is 2. The predicted molar refractivity (Wildman–Crippen MR) is 86.5 cm³/mol. The van der Waals surface area contributed by atoms with Crippen molar-refractivity contribution in [1.82, 2.24) is 14.9 Å². The van der Waals surface area contributed by atoms with Crippen molar-refractivity contribution < 1.29 is 0 Å². The third kappa shape index (κ3) is 3.53. The number of para-hydroxylation sites is 1. The lowest BCUT2D eigenvalue weighted by Crippen LogP contribution is -2.37. The Hall–Kier alpha value is -1.06. The highest BCUT2D eigenvalue weighted by atomic mass is 35.5. The number of hydrogen-bond acceptors (Lipinski definition) is 2. The first-order valence-electron chi connectivity index (χ1n) is 7.31. The molecule has 0 aliphatic heterocycles. The molecule has 0 saturated heterocycles. The molecule has 1 aromatic carbocycles. The summed E-state index contributed by atoms with van der Waals surface area (Å²) < 4.78 is 2.27. The van der Waals surface area contributed by atoms with Crippen LogP contribution in [0.5, 0.6) is 0 Å². The van der Waals surface area contributed by atoms with Crippen LogP contribution in [0.25, 0.3) is 11.0 Å². The van der Waals surface area contributed by atoms with Crippen molar-refractivity contribution in [3.8, 4) is 0 Å². The number of fused-ring (bicyclic) bond motifs is 1. The fraction of sp³-hybridized carbons (Fsp3) is 0.562. The lowest BCUT2D eigenvalue weighted by atomic mass is 10.1. The molecule has 2 aromatic rings. The van der Waals surface area contributed by atoms with E-state index in [-0.39, 0.29) is 5.54 Å². The molecule has 0 aliphatic rings. The lowest BCUT2D eigenvalue weighted by Gasteiger charge is -2.20. The Morgan fingerprint density at radius 1 is 1.30 bits per heavy atom. The van der Waals surface area contributed by atoms with Crippen LogP contribution in [-0.2, 0) is 13.0 Å². The summed E-state index contributed by atoms with van der Waals surface area (Å²) in [5.41, 5.74) is 2.21. The molecule has 0 saturated carbocycles. The van der Waals surface area contributed by atoms with Crippen LogP contribution < -0.4 is 5.32 Å². The van der Waals surface area contributed by atoms with Crippen LogP contribution in [0.3, 0.4) is 0 Å². The van der Waals surface area contributed by atoms with Gasteiger partial charge >= 0.3 is 0 Å². The molecule has 20 heavy (non-hydrogen) atoms. The Morgan fingerprint density at radius 2 is 2.05 bits per heavy atom. The normalized spacial score (nSPS) is 12.2. The van der Waals surface area contributed by atoms with Gasteiger partial charge in [-0.3, -0.25) is 0 Å². The summed E-state index contributed by atoms with van der Waals surface area (Å²) in [5, 5.41) is 4.30. The summed E-state index contributed by atoms with van der Waals surface area (Å²) in [6.45, 7) is 10.6. The van der Waals surface area contributed by atoms with E-state index in [2.05, 4.69) is 37.6 Å². The molecule has 0 atom stereocenters. The quantitative estimate of drug-likeness (QED) is 0.902. The first kappa shape index (κ1) is 15.3. The van der Waals surface area contributed by atoms with Gasteiger partial charge < -0.3 is 9.88 Å². The van der Waals surface area contributed by atoms with E-state index in [1.807, 2.05) is 18.2 Å². The maximum Gasteiger partial charge on any atom is 0.111 e. The zero-order chi connectivity index (χ0) is 14.8. The number of aryl methyl sites for hydroxylation is 1. The van der Waals surface area contributed by atoms with Crippen molar-refractivity contribution in [3.63, 3.8) is 0 Å². The van der Waals surface area contributed by atoms with Crippen LogP contribution >= 0.6 is 11.6 Å². The fourth-order valence-corrected chi connectivity index (χ4v) is 2.67.